The van der Waals surface area contributed by atoms with Crippen LogP contribution in [-0.4, -0.2) is 8.07 Å². The first-order valence-electron chi connectivity index (χ1n) is 21.3. The lowest BCUT2D eigenvalue weighted by Crippen LogP contribution is -2.37. The quantitative estimate of drug-likeness (QED) is 0.118. The Morgan fingerprint density at radius 3 is 1.35 bits per heavy atom. The molecule has 0 aromatic heterocycles. The van der Waals surface area contributed by atoms with E-state index in [0.29, 0.717) is 0 Å². The summed E-state index contributed by atoms with van der Waals surface area (Å²) >= 11 is 0. The third kappa shape index (κ3) is 5.81. The van der Waals surface area contributed by atoms with Gasteiger partial charge in [0.2, 0.25) is 0 Å². The molecule has 0 amide bonds. The van der Waals surface area contributed by atoms with E-state index < -0.39 is 8.07 Å². The molecule has 0 atom stereocenters. The van der Waals surface area contributed by atoms with Gasteiger partial charge in [0, 0.05) is 67.9 Å². The van der Waals surface area contributed by atoms with Crippen LogP contribution in [0.3, 0.4) is 0 Å². The number of fused-ring (bicyclic) bond motifs is 7. The van der Waals surface area contributed by atoms with Crippen LogP contribution in [0.1, 0.15) is 0 Å². The number of hydrogen-bond donors (Lipinski definition) is 0. The number of rotatable bonds is 7. The van der Waals surface area contributed by atoms with Crippen LogP contribution in [0.25, 0.3) is 54.6 Å². The third-order valence-electron chi connectivity index (χ3n) is 12.6. The molecule has 0 aliphatic carbocycles. The van der Waals surface area contributed by atoms with Crippen LogP contribution in [-0.2, 0) is 0 Å². The summed E-state index contributed by atoms with van der Waals surface area (Å²) in [5.74, 6) is 3.32. The monoisotopic (exact) mass is 814 g/mol. The van der Waals surface area contributed by atoms with E-state index in [1.54, 1.807) is 0 Å². The highest BCUT2D eigenvalue weighted by Gasteiger charge is 2.30. The molecule has 5 heteroatoms. The SMILES string of the molecule is C[Si](C)(C)c1ccc(N(c2ccc3c(c2)Oc2ccc4c5c(ccc-3c25)Oc2cc(N(c3ccccc3)c3ccccc3)ccc2-4)c2cc3ccccc3c3ccccc23)cc1. The standard InChI is InChI=1S/C57H42N2O2Si/c1-62(2,3)43-26-22-40(23-27-43)59(51-34-37-14-10-11-19-44(37)45-20-12-13-21-46(45)51)42-25-29-48-50-31-32-52-56-49(30-33-53(57(50)56)61-55(48)36-42)47-28-24-41(35-54(47)60-52)58(38-15-6-4-7-16-38)39-17-8-5-9-18-39/h4-36H,1-3H3. The summed E-state index contributed by atoms with van der Waals surface area (Å²) in [5.41, 5.74) is 10.9. The summed E-state index contributed by atoms with van der Waals surface area (Å²) in [5, 5.41) is 8.47. The van der Waals surface area contributed by atoms with Crippen molar-refractivity contribution in [3.63, 3.8) is 0 Å². The van der Waals surface area contributed by atoms with Crippen LogP contribution in [0.15, 0.2) is 200 Å². The largest absolute Gasteiger partial charge is 0.456 e. The second-order valence-corrected chi connectivity index (χ2v) is 22.4. The highest BCUT2D eigenvalue weighted by molar-refractivity contribution is 6.88. The summed E-state index contributed by atoms with van der Waals surface area (Å²) in [4.78, 5) is 4.67. The molecule has 2 heterocycles. The van der Waals surface area contributed by atoms with Crippen molar-refractivity contribution in [2.24, 2.45) is 0 Å². The molecule has 296 valence electrons. The Bertz CT molecular complexity index is 3360. The Kier molecular flexibility index (Phi) is 8.18. The normalized spacial score (nSPS) is 12.4. The zero-order chi connectivity index (χ0) is 41.5. The van der Waals surface area contributed by atoms with Crippen molar-refractivity contribution < 1.29 is 9.47 Å². The zero-order valence-electron chi connectivity index (χ0n) is 34.8. The Balaban J connectivity index is 0.978. The van der Waals surface area contributed by atoms with Gasteiger partial charge < -0.3 is 19.3 Å². The van der Waals surface area contributed by atoms with Gasteiger partial charge in [0.15, 0.2) is 0 Å². The Labute approximate surface area is 362 Å². The predicted octanol–water partition coefficient (Wildman–Crippen LogP) is 16.2. The van der Waals surface area contributed by atoms with E-state index in [-0.39, 0.29) is 0 Å². The smallest absolute Gasteiger partial charge is 0.137 e. The van der Waals surface area contributed by atoms with Crippen molar-refractivity contribution in [1.29, 1.82) is 0 Å². The fourth-order valence-corrected chi connectivity index (χ4v) is 10.7. The number of anilines is 6. The summed E-state index contributed by atoms with van der Waals surface area (Å²) in [7, 11) is -1.51. The molecule has 0 unspecified atom stereocenters. The predicted molar refractivity (Wildman–Crippen MR) is 262 cm³/mol. The molecule has 10 aromatic carbocycles. The van der Waals surface area contributed by atoms with E-state index in [9.17, 15) is 0 Å². The summed E-state index contributed by atoms with van der Waals surface area (Å²) < 4.78 is 13.8. The van der Waals surface area contributed by atoms with Gasteiger partial charge in [0.05, 0.1) is 13.8 Å². The lowest BCUT2D eigenvalue weighted by molar-refractivity contribution is 0.480. The van der Waals surface area contributed by atoms with Crippen LogP contribution in [0.4, 0.5) is 34.1 Å². The second kappa shape index (κ2) is 14.0. The number of hydrogen-bond acceptors (Lipinski definition) is 4. The maximum atomic E-state index is 6.97. The van der Waals surface area contributed by atoms with Crippen LogP contribution in [0.5, 0.6) is 23.0 Å². The van der Waals surface area contributed by atoms with Gasteiger partial charge in [-0.1, -0.05) is 122 Å². The highest BCUT2D eigenvalue weighted by Crippen LogP contribution is 2.56. The van der Waals surface area contributed by atoms with E-state index in [1.165, 1.54) is 26.7 Å². The van der Waals surface area contributed by atoms with Crippen LogP contribution >= 0.6 is 0 Å². The van der Waals surface area contributed by atoms with Crippen LogP contribution in [0, 0.1) is 0 Å². The van der Waals surface area contributed by atoms with E-state index in [4.69, 9.17) is 9.47 Å². The molecule has 12 rings (SSSR count). The maximum Gasteiger partial charge on any atom is 0.137 e. The van der Waals surface area contributed by atoms with Gasteiger partial charge in [-0.15, -0.1) is 0 Å². The van der Waals surface area contributed by atoms with Crippen molar-refractivity contribution in [3.05, 3.63) is 200 Å². The molecule has 62 heavy (non-hydrogen) atoms. The molecular formula is C57H42N2O2Si. The van der Waals surface area contributed by atoms with Gasteiger partial charge >= 0.3 is 0 Å². The number of benzene rings is 10. The summed E-state index contributed by atoms with van der Waals surface area (Å²) in [6.45, 7) is 7.20. The number of nitrogens with zero attached hydrogens (tertiary/aromatic N) is 2. The zero-order valence-corrected chi connectivity index (χ0v) is 35.8. The van der Waals surface area contributed by atoms with E-state index >= 15 is 0 Å². The molecule has 0 saturated carbocycles. The highest BCUT2D eigenvalue weighted by atomic mass is 28.3. The molecule has 0 radical (unpaired) electrons. The molecule has 2 aliphatic rings. The Hall–Kier alpha value is -7.60. The molecule has 10 aromatic rings. The number of ether oxygens (including phenoxy) is 2. The van der Waals surface area contributed by atoms with Crippen molar-refractivity contribution in [3.8, 4) is 45.3 Å². The first-order chi connectivity index (χ1) is 30.4. The topological polar surface area (TPSA) is 24.9 Å². The molecule has 0 fully saturated rings. The molecule has 4 nitrogen and oxygen atoms in total. The van der Waals surface area contributed by atoms with Gasteiger partial charge in [0.25, 0.3) is 0 Å². The summed E-state index contributed by atoms with van der Waals surface area (Å²) in [6.07, 6.45) is 0. The average Bonchev–Trinajstić information content (AvgIpc) is 3.31. The molecule has 0 N–H and O–H groups in total. The molecule has 0 bridgehead atoms. The second-order valence-electron chi connectivity index (χ2n) is 17.3. The van der Waals surface area contributed by atoms with Gasteiger partial charge in [-0.3, -0.25) is 0 Å². The number of para-hydroxylation sites is 2. The lowest BCUT2D eigenvalue weighted by Gasteiger charge is -2.31. The van der Waals surface area contributed by atoms with Gasteiger partial charge in [0.1, 0.15) is 23.0 Å². The Morgan fingerprint density at radius 2 is 0.790 bits per heavy atom. The van der Waals surface area contributed by atoms with Crippen molar-refractivity contribution in [1.82, 2.24) is 0 Å². The lowest BCUT2D eigenvalue weighted by atomic mass is 9.88. The van der Waals surface area contributed by atoms with E-state index in [1.807, 2.05) is 0 Å². The minimum Gasteiger partial charge on any atom is -0.456 e. The molecule has 0 spiro atoms. The van der Waals surface area contributed by atoms with Crippen molar-refractivity contribution in [2.45, 2.75) is 19.6 Å². The van der Waals surface area contributed by atoms with Crippen LogP contribution < -0.4 is 24.5 Å². The van der Waals surface area contributed by atoms with Gasteiger partial charge in [-0.25, -0.2) is 0 Å². The molecular weight excluding hydrogens is 773 g/mol. The first-order valence-corrected chi connectivity index (χ1v) is 24.8. The minimum absolute atomic E-state index is 0.829. The minimum atomic E-state index is -1.51. The fraction of sp³-hybridized carbons (Fsp3) is 0.0526. The van der Waals surface area contributed by atoms with E-state index in [2.05, 4.69) is 230 Å². The average molecular weight is 815 g/mol. The maximum absolute atomic E-state index is 6.97. The van der Waals surface area contributed by atoms with Crippen LogP contribution in [0.2, 0.25) is 19.6 Å². The van der Waals surface area contributed by atoms with Gasteiger partial charge in [-0.2, -0.15) is 0 Å². The fourth-order valence-electron chi connectivity index (χ4n) is 9.56. The first kappa shape index (κ1) is 36.3. The third-order valence-corrected chi connectivity index (χ3v) is 14.6. The summed E-state index contributed by atoms with van der Waals surface area (Å²) in [6, 6.07) is 71.9. The molecule has 0 saturated heterocycles. The van der Waals surface area contributed by atoms with Crippen molar-refractivity contribution in [2.75, 3.05) is 9.80 Å². The molecule has 2 aliphatic heterocycles. The van der Waals surface area contributed by atoms with Crippen molar-refractivity contribution >= 4 is 79.7 Å². The Morgan fingerprint density at radius 1 is 0.339 bits per heavy atom. The van der Waals surface area contributed by atoms with E-state index in [0.717, 1.165) is 90.1 Å². The van der Waals surface area contributed by atoms with Gasteiger partial charge in [-0.05, 0) is 118 Å².